The zero-order valence-electron chi connectivity index (χ0n) is 19.6. The number of amides is 2. The molecule has 0 atom stereocenters. The highest BCUT2D eigenvalue weighted by Crippen LogP contribution is 2.29. The Bertz CT molecular complexity index is 1290. The third kappa shape index (κ3) is 4.64. The van der Waals surface area contributed by atoms with Gasteiger partial charge in [-0.1, -0.05) is 25.1 Å². The number of H-pyrrole nitrogens is 1. The van der Waals surface area contributed by atoms with Crippen molar-refractivity contribution in [1.82, 2.24) is 24.6 Å². The van der Waals surface area contributed by atoms with Gasteiger partial charge in [0, 0.05) is 63.7 Å². The maximum Gasteiger partial charge on any atom is 0.269 e. The van der Waals surface area contributed by atoms with E-state index < -0.39 is 5.82 Å². The fourth-order valence-corrected chi connectivity index (χ4v) is 4.10. The Morgan fingerprint density at radius 1 is 1.21 bits per heavy atom. The lowest BCUT2D eigenvalue weighted by atomic mass is 9.99. The number of halogens is 1. The van der Waals surface area contributed by atoms with E-state index in [1.54, 1.807) is 61.1 Å². The first-order valence-corrected chi connectivity index (χ1v) is 11.3. The van der Waals surface area contributed by atoms with Crippen LogP contribution in [0.1, 0.15) is 52.7 Å². The van der Waals surface area contributed by atoms with Gasteiger partial charge in [0.1, 0.15) is 11.4 Å². The Morgan fingerprint density at radius 2 is 2.00 bits per heavy atom. The Balaban J connectivity index is 1.45. The number of aryl methyl sites for hydroxylation is 1. The van der Waals surface area contributed by atoms with Gasteiger partial charge in [-0.25, -0.2) is 4.39 Å². The summed E-state index contributed by atoms with van der Waals surface area (Å²) in [5.74, 6) is -0.741. The summed E-state index contributed by atoms with van der Waals surface area (Å²) < 4.78 is 17.0. The number of carbonyl (C=O) groups excluding carboxylic acids is 3. The van der Waals surface area contributed by atoms with Crippen LogP contribution in [0.3, 0.4) is 0 Å². The number of Topliss-reactive ketones (excluding diaryl/α,β-unsaturated/α-hetero) is 1. The van der Waals surface area contributed by atoms with Crippen LogP contribution in [0.15, 0.2) is 36.5 Å². The van der Waals surface area contributed by atoms with Gasteiger partial charge >= 0.3 is 0 Å². The van der Waals surface area contributed by atoms with Crippen LogP contribution in [0.5, 0.6) is 0 Å². The molecule has 8 nitrogen and oxygen atoms in total. The monoisotopic (exact) mass is 465 g/mol. The molecule has 1 aliphatic heterocycles. The molecule has 0 saturated heterocycles. The van der Waals surface area contributed by atoms with Crippen molar-refractivity contribution in [3.05, 3.63) is 59.3 Å². The van der Waals surface area contributed by atoms with E-state index in [-0.39, 0.29) is 29.5 Å². The van der Waals surface area contributed by atoms with Gasteiger partial charge in [-0.15, -0.1) is 0 Å². The van der Waals surface area contributed by atoms with E-state index in [4.69, 9.17) is 0 Å². The van der Waals surface area contributed by atoms with Crippen LogP contribution in [-0.4, -0.2) is 69.3 Å². The molecule has 34 heavy (non-hydrogen) atoms. The zero-order valence-corrected chi connectivity index (χ0v) is 19.6. The molecule has 0 unspecified atom stereocenters. The molecule has 0 spiro atoms. The highest BCUT2D eigenvalue weighted by atomic mass is 19.1. The molecule has 4 rings (SSSR count). The number of aromatic amines is 1. The van der Waals surface area contributed by atoms with Gasteiger partial charge in [-0.3, -0.25) is 19.1 Å². The number of aromatic nitrogens is 3. The number of nitrogens with one attached hydrogen (secondary N) is 1. The van der Waals surface area contributed by atoms with Crippen LogP contribution in [0, 0.1) is 5.82 Å². The summed E-state index contributed by atoms with van der Waals surface area (Å²) in [7, 11) is 3.29. The largest absolute Gasteiger partial charge is 0.348 e. The van der Waals surface area contributed by atoms with E-state index in [1.165, 1.54) is 4.90 Å². The van der Waals surface area contributed by atoms with Crippen LogP contribution >= 0.6 is 0 Å². The lowest BCUT2D eigenvalue weighted by Crippen LogP contribution is -2.36. The average molecular weight is 466 g/mol. The molecule has 178 valence electrons. The molecule has 9 heteroatoms. The van der Waals surface area contributed by atoms with E-state index in [2.05, 4.69) is 10.1 Å². The first-order valence-electron chi connectivity index (χ1n) is 11.3. The molecule has 2 amide bonds. The van der Waals surface area contributed by atoms with E-state index in [0.29, 0.717) is 54.8 Å². The second-order valence-corrected chi connectivity index (χ2v) is 8.60. The molecule has 0 radical (unpaired) electrons. The number of hydrogen-bond acceptors (Lipinski definition) is 4. The number of carbonyl (C=O) groups is 3. The molecule has 1 aliphatic rings. The normalized spacial score (nSPS) is 13.8. The number of fused-ring (bicyclic) bond motifs is 1. The Kier molecular flexibility index (Phi) is 6.63. The van der Waals surface area contributed by atoms with E-state index >= 15 is 4.39 Å². The van der Waals surface area contributed by atoms with Crippen LogP contribution in [-0.2, 0) is 11.3 Å². The van der Waals surface area contributed by atoms with Gasteiger partial charge in [-0.05, 0) is 24.1 Å². The topological polar surface area (TPSA) is 91.3 Å². The van der Waals surface area contributed by atoms with Gasteiger partial charge in [0.05, 0.1) is 5.52 Å². The van der Waals surface area contributed by atoms with Crippen molar-refractivity contribution in [2.24, 2.45) is 0 Å². The SMILES string of the molecule is CCC(=O)c1ccn(CCC(=O)N2CCC=C(c3ccc4cc(C(=O)N(C)C)[nH]c4c3F)C2)n1. The van der Waals surface area contributed by atoms with Crippen LogP contribution in [0.25, 0.3) is 16.5 Å². The number of ketones is 1. The van der Waals surface area contributed by atoms with Crippen molar-refractivity contribution < 1.29 is 18.8 Å². The highest BCUT2D eigenvalue weighted by molar-refractivity contribution is 5.98. The van der Waals surface area contributed by atoms with Crippen molar-refractivity contribution in [2.45, 2.75) is 32.7 Å². The van der Waals surface area contributed by atoms with Gasteiger partial charge < -0.3 is 14.8 Å². The first kappa shape index (κ1) is 23.4. The van der Waals surface area contributed by atoms with Crippen molar-refractivity contribution in [1.29, 1.82) is 0 Å². The maximum atomic E-state index is 15.4. The second kappa shape index (κ2) is 9.62. The third-order valence-electron chi connectivity index (χ3n) is 6.02. The summed E-state index contributed by atoms with van der Waals surface area (Å²) in [5.41, 5.74) is 2.18. The highest BCUT2D eigenvalue weighted by Gasteiger charge is 2.23. The Hall–Kier alpha value is -3.75. The fraction of sp³-hybridized carbons (Fsp3) is 0.360. The molecule has 3 aromatic rings. The smallest absolute Gasteiger partial charge is 0.269 e. The Labute approximate surface area is 197 Å². The van der Waals surface area contributed by atoms with Crippen LogP contribution < -0.4 is 0 Å². The third-order valence-corrected chi connectivity index (χ3v) is 6.02. The summed E-state index contributed by atoms with van der Waals surface area (Å²) >= 11 is 0. The lowest BCUT2D eigenvalue weighted by molar-refractivity contribution is -0.131. The summed E-state index contributed by atoms with van der Waals surface area (Å²) in [6.07, 6.45) is 4.91. The molecule has 2 aromatic heterocycles. The molecule has 0 saturated carbocycles. The molecule has 0 fully saturated rings. The Morgan fingerprint density at radius 3 is 2.74 bits per heavy atom. The number of hydrogen-bond donors (Lipinski definition) is 1. The maximum absolute atomic E-state index is 15.4. The molecule has 1 N–H and O–H groups in total. The quantitative estimate of drug-likeness (QED) is 0.541. The summed E-state index contributed by atoms with van der Waals surface area (Å²) in [6, 6.07) is 6.79. The number of rotatable bonds is 7. The minimum absolute atomic E-state index is 0.0323. The van der Waals surface area contributed by atoms with Crippen molar-refractivity contribution in [2.75, 3.05) is 27.2 Å². The molecular weight excluding hydrogens is 437 g/mol. The minimum Gasteiger partial charge on any atom is -0.348 e. The van der Waals surface area contributed by atoms with Gasteiger partial charge in [-0.2, -0.15) is 5.10 Å². The zero-order chi connectivity index (χ0) is 24.4. The second-order valence-electron chi connectivity index (χ2n) is 8.60. The predicted octanol–water partition coefficient (Wildman–Crippen LogP) is 3.50. The van der Waals surface area contributed by atoms with Gasteiger partial charge in [0.2, 0.25) is 5.91 Å². The molecule has 0 bridgehead atoms. The lowest BCUT2D eigenvalue weighted by Gasteiger charge is -2.28. The van der Waals surface area contributed by atoms with Crippen LogP contribution in [0.4, 0.5) is 4.39 Å². The van der Waals surface area contributed by atoms with Gasteiger partial charge in [0.15, 0.2) is 11.6 Å². The molecule has 1 aromatic carbocycles. The van der Waals surface area contributed by atoms with Crippen molar-refractivity contribution >= 4 is 34.1 Å². The van der Waals surface area contributed by atoms with Crippen LogP contribution in [0.2, 0.25) is 0 Å². The standard InChI is InChI=1S/C25H28FN5O3/c1-4-21(32)19-9-12-31(28-19)13-10-22(33)30-11-5-6-17(15-30)18-8-7-16-14-20(25(34)29(2)3)27-24(16)23(18)26/h6-9,12,14,27H,4-5,10-11,13,15H2,1-3H3. The molecular formula is C25H28FN5O3. The van der Waals surface area contributed by atoms with E-state index in [0.717, 1.165) is 5.57 Å². The van der Waals surface area contributed by atoms with E-state index in [9.17, 15) is 14.4 Å². The van der Waals surface area contributed by atoms with E-state index in [1.807, 2.05) is 6.08 Å². The number of benzene rings is 1. The first-order chi connectivity index (χ1) is 16.3. The minimum atomic E-state index is -0.430. The average Bonchev–Trinajstić information content (AvgIpc) is 3.49. The summed E-state index contributed by atoms with van der Waals surface area (Å²) in [6.45, 7) is 3.03. The summed E-state index contributed by atoms with van der Waals surface area (Å²) in [4.78, 5) is 42.9. The fourth-order valence-electron chi connectivity index (χ4n) is 4.10. The van der Waals surface area contributed by atoms with Crippen molar-refractivity contribution in [3.63, 3.8) is 0 Å². The van der Waals surface area contributed by atoms with Gasteiger partial charge in [0.25, 0.3) is 5.91 Å². The predicted molar refractivity (Wildman–Crippen MR) is 127 cm³/mol. The summed E-state index contributed by atoms with van der Waals surface area (Å²) in [5, 5.41) is 4.85. The number of nitrogens with zero attached hydrogens (tertiary/aromatic N) is 4. The van der Waals surface area contributed by atoms with Crippen molar-refractivity contribution in [3.8, 4) is 0 Å². The molecule has 0 aliphatic carbocycles. The molecule has 3 heterocycles.